The molecule has 2 aromatic rings. The Morgan fingerprint density at radius 3 is 2.79 bits per heavy atom. The molecule has 2 rings (SSSR count). The normalized spacial score (nSPS) is 10.0. The van der Waals surface area contributed by atoms with E-state index in [1.165, 1.54) is 0 Å². The second-order valence-corrected chi connectivity index (χ2v) is 4.13. The van der Waals surface area contributed by atoms with Crippen molar-refractivity contribution in [3.05, 3.63) is 48.2 Å². The quantitative estimate of drug-likeness (QED) is 0.834. The predicted octanol–water partition coefficient (Wildman–Crippen LogP) is 3.13. The summed E-state index contributed by atoms with van der Waals surface area (Å²) in [6.45, 7) is 3.64. The molecule has 1 aromatic carbocycles. The minimum Gasteiger partial charge on any atom is -0.496 e. The Kier molecular flexibility index (Phi) is 4.61. The summed E-state index contributed by atoms with van der Waals surface area (Å²) < 4.78 is 5.33. The van der Waals surface area contributed by atoms with E-state index >= 15 is 0 Å². The van der Waals surface area contributed by atoms with Gasteiger partial charge in [0, 0.05) is 36.6 Å². The van der Waals surface area contributed by atoms with Gasteiger partial charge in [0.25, 0.3) is 0 Å². The van der Waals surface area contributed by atoms with Crippen molar-refractivity contribution in [3.63, 3.8) is 0 Å². The molecule has 4 heteroatoms. The van der Waals surface area contributed by atoms with Crippen molar-refractivity contribution in [2.75, 3.05) is 24.3 Å². The Morgan fingerprint density at radius 2 is 2.00 bits per heavy atom. The molecule has 0 aliphatic carbocycles. The Balaban J connectivity index is 2.03. The molecule has 0 aliphatic rings. The summed E-state index contributed by atoms with van der Waals surface area (Å²) in [5.41, 5.74) is 2.17. The van der Waals surface area contributed by atoms with Crippen molar-refractivity contribution in [2.24, 2.45) is 0 Å². The average Bonchev–Trinajstić information content (AvgIpc) is 2.46. The molecule has 1 aromatic heterocycles. The first-order chi connectivity index (χ1) is 9.33. The van der Waals surface area contributed by atoms with Crippen LogP contribution in [0.2, 0.25) is 0 Å². The molecule has 0 spiro atoms. The number of benzene rings is 1. The highest BCUT2D eigenvalue weighted by Crippen LogP contribution is 2.19. The van der Waals surface area contributed by atoms with Crippen LogP contribution in [-0.2, 0) is 6.54 Å². The Hall–Kier alpha value is -2.23. The summed E-state index contributed by atoms with van der Waals surface area (Å²) in [6, 6.07) is 12.0. The molecule has 0 fully saturated rings. The fourth-order valence-electron chi connectivity index (χ4n) is 1.86. The number of nitrogens with zero attached hydrogens (tertiary/aromatic N) is 1. The van der Waals surface area contributed by atoms with E-state index in [0.29, 0.717) is 0 Å². The van der Waals surface area contributed by atoms with E-state index < -0.39 is 0 Å². The fourth-order valence-corrected chi connectivity index (χ4v) is 1.86. The van der Waals surface area contributed by atoms with Crippen LogP contribution in [0, 0.1) is 0 Å². The predicted molar refractivity (Wildman–Crippen MR) is 78.7 cm³/mol. The van der Waals surface area contributed by atoms with Gasteiger partial charge in [0.15, 0.2) is 0 Å². The van der Waals surface area contributed by atoms with E-state index in [2.05, 4.69) is 28.6 Å². The smallest absolute Gasteiger partial charge is 0.127 e. The minimum atomic E-state index is 0.722. The van der Waals surface area contributed by atoms with Gasteiger partial charge in [0.05, 0.1) is 7.11 Å². The molecular weight excluding hydrogens is 238 g/mol. The van der Waals surface area contributed by atoms with Gasteiger partial charge >= 0.3 is 0 Å². The van der Waals surface area contributed by atoms with E-state index in [4.69, 9.17) is 4.74 Å². The number of hydrogen-bond acceptors (Lipinski definition) is 4. The second kappa shape index (κ2) is 6.64. The van der Waals surface area contributed by atoms with Gasteiger partial charge in [-0.25, -0.2) is 4.98 Å². The lowest BCUT2D eigenvalue weighted by molar-refractivity contribution is 0.410. The number of rotatable bonds is 6. The van der Waals surface area contributed by atoms with Gasteiger partial charge in [-0.15, -0.1) is 0 Å². The molecule has 0 aliphatic heterocycles. The van der Waals surface area contributed by atoms with Gasteiger partial charge in [-0.05, 0) is 19.1 Å². The third-order valence-corrected chi connectivity index (χ3v) is 2.79. The lowest BCUT2D eigenvalue weighted by Crippen LogP contribution is -2.03. The molecule has 4 nitrogen and oxygen atoms in total. The molecule has 0 saturated carbocycles. The molecule has 0 unspecified atom stereocenters. The lowest BCUT2D eigenvalue weighted by atomic mass is 10.2. The van der Waals surface area contributed by atoms with E-state index in [1.807, 2.05) is 30.3 Å². The van der Waals surface area contributed by atoms with Crippen molar-refractivity contribution in [1.29, 1.82) is 0 Å². The highest BCUT2D eigenvalue weighted by Gasteiger charge is 2.01. The SMILES string of the molecule is CCNc1cc(NCc2ccccc2OC)ccn1. The number of methoxy groups -OCH3 is 1. The highest BCUT2D eigenvalue weighted by molar-refractivity contribution is 5.52. The largest absolute Gasteiger partial charge is 0.496 e. The van der Waals surface area contributed by atoms with Crippen LogP contribution in [0.4, 0.5) is 11.5 Å². The first kappa shape index (κ1) is 13.2. The van der Waals surface area contributed by atoms with Crippen LogP contribution in [-0.4, -0.2) is 18.6 Å². The van der Waals surface area contributed by atoms with E-state index in [-0.39, 0.29) is 0 Å². The van der Waals surface area contributed by atoms with Crippen molar-refractivity contribution < 1.29 is 4.74 Å². The zero-order valence-corrected chi connectivity index (χ0v) is 11.3. The van der Waals surface area contributed by atoms with Gasteiger partial charge < -0.3 is 15.4 Å². The number of para-hydroxylation sites is 1. The number of anilines is 2. The standard InChI is InChI=1S/C15H19N3O/c1-3-16-15-10-13(8-9-17-15)18-11-12-6-4-5-7-14(12)19-2/h4-10H,3,11H2,1-2H3,(H2,16,17,18). The molecule has 2 N–H and O–H groups in total. The maximum absolute atomic E-state index is 5.33. The van der Waals surface area contributed by atoms with Gasteiger partial charge in [-0.3, -0.25) is 0 Å². The molecular formula is C15H19N3O. The van der Waals surface area contributed by atoms with Gasteiger partial charge in [0.1, 0.15) is 11.6 Å². The summed E-state index contributed by atoms with van der Waals surface area (Å²) in [6.07, 6.45) is 1.79. The molecule has 1 heterocycles. The summed E-state index contributed by atoms with van der Waals surface area (Å²) >= 11 is 0. The number of aromatic nitrogens is 1. The Bertz CT molecular complexity index is 528. The van der Waals surface area contributed by atoms with E-state index in [9.17, 15) is 0 Å². The lowest BCUT2D eigenvalue weighted by Gasteiger charge is -2.11. The van der Waals surface area contributed by atoms with Crippen LogP contribution in [0.5, 0.6) is 5.75 Å². The molecule has 100 valence electrons. The first-order valence-corrected chi connectivity index (χ1v) is 6.39. The van der Waals surface area contributed by atoms with Crippen LogP contribution in [0.3, 0.4) is 0 Å². The third-order valence-electron chi connectivity index (χ3n) is 2.79. The number of pyridine rings is 1. The van der Waals surface area contributed by atoms with Crippen LogP contribution in [0.1, 0.15) is 12.5 Å². The van der Waals surface area contributed by atoms with Gasteiger partial charge in [-0.1, -0.05) is 18.2 Å². The molecule has 19 heavy (non-hydrogen) atoms. The second-order valence-electron chi connectivity index (χ2n) is 4.13. The zero-order valence-electron chi connectivity index (χ0n) is 11.3. The van der Waals surface area contributed by atoms with Crippen molar-refractivity contribution in [3.8, 4) is 5.75 Å². The van der Waals surface area contributed by atoms with E-state index in [0.717, 1.165) is 35.9 Å². The average molecular weight is 257 g/mol. The maximum atomic E-state index is 5.33. The van der Waals surface area contributed by atoms with Crippen molar-refractivity contribution in [2.45, 2.75) is 13.5 Å². The Morgan fingerprint density at radius 1 is 1.16 bits per heavy atom. The molecule has 0 saturated heterocycles. The number of ether oxygens (including phenoxy) is 1. The fraction of sp³-hybridized carbons (Fsp3) is 0.267. The zero-order chi connectivity index (χ0) is 13.5. The monoisotopic (exact) mass is 257 g/mol. The van der Waals surface area contributed by atoms with Crippen molar-refractivity contribution in [1.82, 2.24) is 4.98 Å². The van der Waals surface area contributed by atoms with Crippen LogP contribution < -0.4 is 15.4 Å². The van der Waals surface area contributed by atoms with Gasteiger partial charge in [-0.2, -0.15) is 0 Å². The van der Waals surface area contributed by atoms with Crippen LogP contribution in [0.15, 0.2) is 42.6 Å². The van der Waals surface area contributed by atoms with Gasteiger partial charge in [0.2, 0.25) is 0 Å². The molecule has 0 bridgehead atoms. The summed E-state index contributed by atoms with van der Waals surface area (Å²) in [5.74, 6) is 1.78. The number of nitrogens with one attached hydrogen (secondary N) is 2. The van der Waals surface area contributed by atoms with Crippen molar-refractivity contribution >= 4 is 11.5 Å². The summed E-state index contributed by atoms with van der Waals surface area (Å²) in [4.78, 5) is 4.24. The summed E-state index contributed by atoms with van der Waals surface area (Å²) in [7, 11) is 1.69. The van der Waals surface area contributed by atoms with Crippen LogP contribution in [0.25, 0.3) is 0 Å². The third kappa shape index (κ3) is 3.61. The molecule has 0 radical (unpaired) electrons. The maximum Gasteiger partial charge on any atom is 0.127 e. The minimum absolute atomic E-state index is 0.722. The first-order valence-electron chi connectivity index (χ1n) is 6.39. The number of hydrogen-bond donors (Lipinski definition) is 2. The summed E-state index contributed by atoms with van der Waals surface area (Å²) in [5, 5.41) is 6.57. The van der Waals surface area contributed by atoms with E-state index in [1.54, 1.807) is 13.3 Å². The van der Waals surface area contributed by atoms with Crippen LogP contribution >= 0.6 is 0 Å². The molecule has 0 amide bonds. The highest BCUT2D eigenvalue weighted by atomic mass is 16.5. The topological polar surface area (TPSA) is 46.2 Å². The molecule has 0 atom stereocenters. The Labute approximate surface area is 113 Å².